The van der Waals surface area contributed by atoms with E-state index in [2.05, 4.69) is 17.6 Å². The Balaban J connectivity index is 1.89. The number of esters is 1. The van der Waals surface area contributed by atoms with Gasteiger partial charge in [0, 0.05) is 11.3 Å². The fourth-order valence-electron chi connectivity index (χ4n) is 3.80. The SMILES string of the molecule is COc1ccccc1[C@H]1NC(=O)NC(C)=C1C(=O)O[C@@H]1CCC[C@H](C)C1. The minimum atomic E-state index is -0.603. The first-order valence-electron chi connectivity index (χ1n) is 9.11. The number of ether oxygens (including phenoxy) is 2. The van der Waals surface area contributed by atoms with E-state index in [9.17, 15) is 9.59 Å². The third kappa shape index (κ3) is 3.84. The quantitative estimate of drug-likeness (QED) is 0.808. The first kappa shape index (κ1) is 18.3. The summed E-state index contributed by atoms with van der Waals surface area (Å²) in [6.07, 6.45) is 3.96. The van der Waals surface area contributed by atoms with E-state index in [0.29, 0.717) is 22.9 Å². The van der Waals surface area contributed by atoms with Crippen LogP contribution in [-0.2, 0) is 9.53 Å². The van der Waals surface area contributed by atoms with Crippen molar-refractivity contribution in [1.82, 2.24) is 10.6 Å². The van der Waals surface area contributed by atoms with Gasteiger partial charge in [-0.25, -0.2) is 9.59 Å². The normalized spacial score (nSPS) is 26.0. The minimum Gasteiger partial charge on any atom is -0.496 e. The molecule has 0 aromatic heterocycles. The molecule has 0 saturated heterocycles. The van der Waals surface area contributed by atoms with Crippen LogP contribution >= 0.6 is 0 Å². The Morgan fingerprint density at radius 3 is 2.73 bits per heavy atom. The zero-order valence-corrected chi connectivity index (χ0v) is 15.5. The molecule has 140 valence electrons. The summed E-state index contributed by atoms with van der Waals surface area (Å²) in [6, 6.07) is 6.41. The summed E-state index contributed by atoms with van der Waals surface area (Å²) in [5, 5.41) is 5.51. The van der Waals surface area contributed by atoms with Gasteiger partial charge < -0.3 is 20.1 Å². The first-order valence-corrected chi connectivity index (χ1v) is 9.11. The predicted octanol–water partition coefficient (Wildman–Crippen LogP) is 3.45. The average Bonchev–Trinajstić information content (AvgIpc) is 2.60. The highest BCUT2D eigenvalue weighted by molar-refractivity contribution is 5.95. The van der Waals surface area contributed by atoms with Gasteiger partial charge in [-0.05, 0) is 38.2 Å². The lowest BCUT2D eigenvalue weighted by Gasteiger charge is -2.31. The molecule has 1 aliphatic heterocycles. The number of hydrogen-bond donors (Lipinski definition) is 2. The van der Waals surface area contributed by atoms with Gasteiger partial charge in [0.05, 0.1) is 18.7 Å². The van der Waals surface area contributed by atoms with Crippen LogP contribution in [0.25, 0.3) is 0 Å². The molecule has 3 rings (SSSR count). The lowest BCUT2D eigenvalue weighted by Crippen LogP contribution is -2.45. The van der Waals surface area contributed by atoms with Crippen molar-refractivity contribution in [2.75, 3.05) is 7.11 Å². The number of carbonyl (C=O) groups excluding carboxylic acids is 2. The second-order valence-electron chi connectivity index (χ2n) is 7.11. The highest BCUT2D eigenvalue weighted by Crippen LogP contribution is 2.34. The Morgan fingerprint density at radius 2 is 2.00 bits per heavy atom. The molecule has 6 nitrogen and oxygen atoms in total. The van der Waals surface area contributed by atoms with E-state index in [-0.39, 0.29) is 18.1 Å². The van der Waals surface area contributed by atoms with Crippen molar-refractivity contribution >= 4 is 12.0 Å². The zero-order valence-electron chi connectivity index (χ0n) is 15.5. The molecule has 2 N–H and O–H groups in total. The summed E-state index contributed by atoms with van der Waals surface area (Å²) in [6.45, 7) is 3.91. The molecule has 26 heavy (non-hydrogen) atoms. The maximum atomic E-state index is 13.0. The number of amides is 2. The maximum absolute atomic E-state index is 13.0. The summed E-state index contributed by atoms with van der Waals surface area (Å²) in [5.74, 6) is 0.792. The van der Waals surface area contributed by atoms with Crippen LogP contribution in [0.15, 0.2) is 35.5 Å². The van der Waals surface area contributed by atoms with E-state index >= 15 is 0 Å². The number of nitrogens with one attached hydrogen (secondary N) is 2. The van der Waals surface area contributed by atoms with Crippen molar-refractivity contribution in [3.8, 4) is 5.75 Å². The van der Waals surface area contributed by atoms with Crippen molar-refractivity contribution in [3.63, 3.8) is 0 Å². The fraction of sp³-hybridized carbons (Fsp3) is 0.500. The summed E-state index contributed by atoms with van der Waals surface area (Å²) < 4.78 is 11.2. The maximum Gasteiger partial charge on any atom is 0.338 e. The molecule has 1 aromatic rings. The first-order chi connectivity index (χ1) is 12.5. The van der Waals surface area contributed by atoms with Gasteiger partial charge in [0.1, 0.15) is 11.9 Å². The Bertz CT molecular complexity index is 728. The molecule has 6 heteroatoms. The topological polar surface area (TPSA) is 76.7 Å². The molecule has 3 atom stereocenters. The van der Waals surface area contributed by atoms with Crippen LogP contribution < -0.4 is 15.4 Å². The number of hydrogen-bond acceptors (Lipinski definition) is 4. The molecule has 1 aromatic carbocycles. The highest BCUT2D eigenvalue weighted by atomic mass is 16.5. The van der Waals surface area contributed by atoms with Gasteiger partial charge in [-0.3, -0.25) is 0 Å². The molecular weight excluding hydrogens is 332 g/mol. The van der Waals surface area contributed by atoms with Crippen LogP contribution in [-0.4, -0.2) is 25.2 Å². The molecule has 0 spiro atoms. The molecule has 1 aliphatic carbocycles. The Morgan fingerprint density at radius 1 is 1.23 bits per heavy atom. The second-order valence-corrected chi connectivity index (χ2v) is 7.11. The van der Waals surface area contributed by atoms with Crippen molar-refractivity contribution in [1.29, 1.82) is 0 Å². The van der Waals surface area contributed by atoms with Gasteiger partial charge >= 0.3 is 12.0 Å². The van der Waals surface area contributed by atoms with Gasteiger partial charge in [0.25, 0.3) is 0 Å². The summed E-state index contributed by atoms with van der Waals surface area (Å²) in [4.78, 5) is 25.0. The van der Waals surface area contributed by atoms with Gasteiger partial charge in [-0.1, -0.05) is 31.5 Å². The van der Waals surface area contributed by atoms with Crippen LogP contribution in [0.1, 0.15) is 51.1 Å². The molecule has 2 amide bonds. The summed E-state index contributed by atoms with van der Waals surface area (Å²) in [7, 11) is 1.57. The molecule has 2 aliphatic rings. The van der Waals surface area contributed by atoms with Crippen LogP contribution in [0.3, 0.4) is 0 Å². The monoisotopic (exact) mass is 358 g/mol. The number of carbonyl (C=O) groups is 2. The average molecular weight is 358 g/mol. The van der Waals surface area contributed by atoms with Gasteiger partial charge in [0.2, 0.25) is 0 Å². The highest BCUT2D eigenvalue weighted by Gasteiger charge is 2.35. The third-order valence-corrected chi connectivity index (χ3v) is 5.10. The zero-order chi connectivity index (χ0) is 18.7. The Kier molecular flexibility index (Phi) is 5.49. The molecule has 1 saturated carbocycles. The molecule has 0 bridgehead atoms. The lowest BCUT2D eigenvalue weighted by molar-refractivity contribution is -0.146. The predicted molar refractivity (Wildman–Crippen MR) is 97.6 cm³/mol. The van der Waals surface area contributed by atoms with E-state index in [1.54, 1.807) is 14.0 Å². The number of allylic oxidation sites excluding steroid dienone is 1. The number of para-hydroxylation sites is 1. The van der Waals surface area contributed by atoms with E-state index in [0.717, 1.165) is 24.8 Å². The van der Waals surface area contributed by atoms with Gasteiger partial charge in [-0.2, -0.15) is 0 Å². The minimum absolute atomic E-state index is 0.0671. The van der Waals surface area contributed by atoms with Gasteiger partial charge in [-0.15, -0.1) is 0 Å². The van der Waals surface area contributed by atoms with Crippen LogP contribution in [0.2, 0.25) is 0 Å². The smallest absolute Gasteiger partial charge is 0.338 e. The van der Waals surface area contributed by atoms with Crippen molar-refractivity contribution in [2.45, 2.75) is 51.7 Å². The third-order valence-electron chi connectivity index (χ3n) is 5.10. The standard InChI is InChI=1S/C20H26N2O4/c1-12-7-6-8-14(11-12)26-19(23)17-13(2)21-20(24)22-18(17)15-9-4-5-10-16(15)25-3/h4-5,9-10,12,14,18H,6-8,11H2,1-3H3,(H2,21,22,24)/t12-,14+,18+/m0/s1. The molecule has 1 heterocycles. The van der Waals surface area contributed by atoms with Crippen LogP contribution in [0.4, 0.5) is 4.79 Å². The Labute approximate surface area is 153 Å². The molecular formula is C20H26N2O4. The molecule has 0 unspecified atom stereocenters. The fourth-order valence-corrected chi connectivity index (χ4v) is 3.80. The summed E-state index contributed by atoms with van der Waals surface area (Å²) in [5.41, 5.74) is 1.67. The Hall–Kier alpha value is -2.50. The van der Waals surface area contributed by atoms with E-state index in [1.165, 1.54) is 6.42 Å². The number of methoxy groups -OCH3 is 1. The number of urea groups is 1. The van der Waals surface area contributed by atoms with E-state index in [1.807, 2.05) is 24.3 Å². The number of benzene rings is 1. The van der Waals surface area contributed by atoms with Crippen molar-refractivity contribution < 1.29 is 19.1 Å². The lowest BCUT2D eigenvalue weighted by atomic mass is 9.88. The van der Waals surface area contributed by atoms with E-state index in [4.69, 9.17) is 9.47 Å². The summed E-state index contributed by atoms with van der Waals surface area (Å²) >= 11 is 0. The second kappa shape index (κ2) is 7.81. The van der Waals surface area contributed by atoms with Crippen molar-refractivity contribution in [2.24, 2.45) is 5.92 Å². The van der Waals surface area contributed by atoms with Gasteiger partial charge in [0.15, 0.2) is 0 Å². The van der Waals surface area contributed by atoms with Crippen molar-refractivity contribution in [3.05, 3.63) is 41.1 Å². The molecule has 0 radical (unpaired) electrons. The van der Waals surface area contributed by atoms with Crippen LogP contribution in [0.5, 0.6) is 5.75 Å². The van der Waals surface area contributed by atoms with E-state index < -0.39 is 6.04 Å². The largest absolute Gasteiger partial charge is 0.496 e. The molecule has 1 fully saturated rings. The number of rotatable bonds is 4. The van der Waals surface area contributed by atoms with Crippen LogP contribution in [0, 0.1) is 5.92 Å².